The Hall–Kier alpha value is -0.540. The van der Waals surface area contributed by atoms with Gasteiger partial charge in [0, 0.05) is 6.04 Å². The fourth-order valence-corrected chi connectivity index (χ4v) is 2.69. The first-order valence-corrected chi connectivity index (χ1v) is 5.99. The van der Waals surface area contributed by atoms with E-state index in [2.05, 4.69) is 13.8 Å². The quantitative estimate of drug-likeness (QED) is 0.815. The van der Waals surface area contributed by atoms with E-state index in [1.165, 1.54) is 4.88 Å². The molecule has 0 aliphatic heterocycles. The molecule has 0 saturated heterocycles. The summed E-state index contributed by atoms with van der Waals surface area (Å²) in [5.41, 5.74) is 6.21. The lowest BCUT2D eigenvalue weighted by Gasteiger charge is -2.20. The summed E-state index contributed by atoms with van der Waals surface area (Å²) in [6, 6.07) is 2.11. The molecule has 0 aromatic carbocycles. The topological polar surface area (TPSA) is 35.2 Å². The highest BCUT2D eigenvalue weighted by atomic mass is 32.1. The minimum absolute atomic E-state index is 0.125. The number of ether oxygens (including phenoxy) is 1. The van der Waals surface area contributed by atoms with Gasteiger partial charge in [0.05, 0.1) is 12.0 Å². The fourth-order valence-electron chi connectivity index (χ4n) is 1.73. The smallest absolute Gasteiger partial charge is 0.134 e. The summed E-state index contributed by atoms with van der Waals surface area (Å²) < 4.78 is 5.28. The van der Waals surface area contributed by atoms with Gasteiger partial charge in [-0.15, -0.1) is 11.3 Å². The van der Waals surface area contributed by atoms with Crippen molar-refractivity contribution in [1.29, 1.82) is 0 Å². The Morgan fingerprint density at radius 2 is 2.07 bits per heavy atom. The largest absolute Gasteiger partial charge is 0.496 e. The van der Waals surface area contributed by atoms with E-state index < -0.39 is 0 Å². The minimum Gasteiger partial charge on any atom is -0.496 e. The van der Waals surface area contributed by atoms with E-state index in [1.807, 2.05) is 11.4 Å². The Morgan fingerprint density at radius 1 is 1.43 bits per heavy atom. The second-order valence-corrected chi connectivity index (χ2v) is 4.40. The van der Waals surface area contributed by atoms with Crippen LogP contribution in [-0.2, 0) is 0 Å². The van der Waals surface area contributed by atoms with Crippen molar-refractivity contribution in [2.24, 2.45) is 11.7 Å². The van der Waals surface area contributed by atoms with Crippen molar-refractivity contribution in [1.82, 2.24) is 0 Å². The monoisotopic (exact) mass is 213 g/mol. The third kappa shape index (κ3) is 2.28. The van der Waals surface area contributed by atoms with Gasteiger partial charge in [0.2, 0.25) is 0 Å². The molecule has 0 aliphatic carbocycles. The molecule has 0 aliphatic rings. The van der Waals surface area contributed by atoms with Crippen LogP contribution in [0.5, 0.6) is 5.75 Å². The van der Waals surface area contributed by atoms with Crippen molar-refractivity contribution in [2.75, 3.05) is 7.11 Å². The molecule has 0 radical (unpaired) electrons. The van der Waals surface area contributed by atoms with Crippen molar-refractivity contribution in [2.45, 2.75) is 32.7 Å². The van der Waals surface area contributed by atoms with Gasteiger partial charge < -0.3 is 10.5 Å². The Morgan fingerprint density at radius 3 is 2.57 bits per heavy atom. The number of thiophene rings is 1. The van der Waals surface area contributed by atoms with Crippen LogP contribution in [0.4, 0.5) is 0 Å². The molecule has 0 saturated carbocycles. The van der Waals surface area contributed by atoms with Crippen molar-refractivity contribution < 1.29 is 4.74 Å². The zero-order valence-electron chi connectivity index (χ0n) is 9.12. The standard InChI is InChI=1S/C11H19NOS/c1-4-8(5-2)10(12)11-9(13-3)6-7-14-11/h6-8,10H,4-5,12H2,1-3H3. The van der Waals surface area contributed by atoms with E-state index in [-0.39, 0.29) is 6.04 Å². The van der Waals surface area contributed by atoms with Crippen LogP contribution in [0.25, 0.3) is 0 Å². The average Bonchev–Trinajstić information content (AvgIpc) is 2.67. The highest BCUT2D eigenvalue weighted by Gasteiger charge is 2.20. The minimum atomic E-state index is 0.125. The Kier molecular flexibility index (Phi) is 4.42. The molecule has 1 aromatic rings. The predicted molar refractivity (Wildman–Crippen MR) is 61.9 cm³/mol. The zero-order chi connectivity index (χ0) is 10.6. The molecule has 1 unspecified atom stereocenters. The Labute approximate surface area is 90.1 Å². The number of rotatable bonds is 5. The van der Waals surface area contributed by atoms with Gasteiger partial charge in [0.25, 0.3) is 0 Å². The molecule has 3 heteroatoms. The summed E-state index contributed by atoms with van der Waals surface area (Å²) in [6.07, 6.45) is 2.25. The van der Waals surface area contributed by atoms with Gasteiger partial charge in [-0.2, -0.15) is 0 Å². The first-order valence-electron chi connectivity index (χ1n) is 5.11. The van der Waals surface area contributed by atoms with Gasteiger partial charge in [0.1, 0.15) is 5.75 Å². The van der Waals surface area contributed by atoms with E-state index in [9.17, 15) is 0 Å². The zero-order valence-corrected chi connectivity index (χ0v) is 9.93. The average molecular weight is 213 g/mol. The van der Waals surface area contributed by atoms with E-state index in [0.717, 1.165) is 18.6 Å². The Balaban J connectivity index is 2.81. The third-order valence-electron chi connectivity index (χ3n) is 2.74. The molecule has 1 heterocycles. The maximum absolute atomic E-state index is 6.21. The van der Waals surface area contributed by atoms with Gasteiger partial charge in [0.15, 0.2) is 0 Å². The first kappa shape index (κ1) is 11.5. The van der Waals surface area contributed by atoms with Crippen molar-refractivity contribution in [3.05, 3.63) is 16.3 Å². The molecule has 0 spiro atoms. The normalized spacial score (nSPS) is 13.2. The van der Waals surface area contributed by atoms with Crippen LogP contribution in [0.15, 0.2) is 11.4 Å². The number of nitrogens with two attached hydrogens (primary N) is 1. The predicted octanol–water partition coefficient (Wildman–Crippen LogP) is 3.19. The fraction of sp³-hybridized carbons (Fsp3) is 0.636. The molecule has 2 nitrogen and oxygen atoms in total. The summed E-state index contributed by atoms with van der Waals surface area (Å²) in [5.74, 6) is 1.50. The van der Waals surface area contributed by atoms with Gasteiger partial charge in [-0.05, 0) is 17.4 Å². The second-order valence-electron chi connectivity index (χ2n) is 3.46. The van der Waals surface area contributed by atoms with Crippen molar-refractivity contribution in [3.63, 3.8) is 0 Å². The van der Waals surface area contributed by atoms with Crippen LogP contribution in [0.3, 0.4) is 0 Å². The molecule has 1 atom stereocenters. The molecule has 1 rings (SSSR count). The Bertz CT molecular complexity index is 268. The number of hydrogen-bond acceptors (Lipinski definition) is 3. The molecular weight excluding hydrogens is 194 g/mol. The molecule has 0 fully saturated rings. The molecule has 14 heavy (non-hydrogen) atoms. The molecule has 1 aromatic heterocycles. The van der Waals surface area contributed by atoms with E-state index in [0.29, 0.717) is 5.92 Å². The maximum Gasteiger partial charge on any atom is 0.134 e. The maximum atomic E-state index is 6.21. The molecule has 0 bridgehead atoms. The van der Waals surface area contributed by atoms with Crippen LogP contribution < -0.4 is 10.5 Å². The summed E-state index contributed by atoms with van der Waals surface area (Å²) in [6.45, 7) is 4.38. The SMILES string of the molecule is CCC(CC)C(N)c1sccc1OC. The van der Waals surface area contributed by atoms with Crippen LogP contribution in [-0.4, -0.2) is 7.11 Å². The van der Waals surface area contributed by atoms with Crippen molar-refractivity contribution in [3.8, 4) is 5.75 Å². The summed E-state index contributed by atoms with van der Waals surface area (Å²) in [7, 11) is 1.70. The molecule has 2 N–H and O–H groups in total. The van der Waals surface area contributed by atoms with E-state index in [1.54, 1.807) is 18.4 Å². The number of methoxy groups -OCH3 is 1. The van der Waals surface area contributed by atoms with Gasteiger partial charge in [-0.3, -0.25) is 0 Å². The lowest BCUT2D eigenvalue weighted by Crippen LogP contribution is -2.19. The van der Waals surface area contributed by atoms with E-state index in [4.69, 9.17) is 10.5 Å². The molecule has 80 valence electrons. The first-order chi connectivity index (χ1) is 6.74. The summed E-state index contributed by atoms with van der Waals surface area (Å²) >= 11 is 1.69. The van der Waals surface area contributed by atoms with Gasteiger partial charge in [-0.1, -0.05) is 26.7 Å². The van der Waals surface area contributed by atoms with Crippen LogP contribution in [0.1, 0.15) is 37.6 Å². The highest BCUT2D eigenvalue weighted by molar-refractivity contribution is 7.10. The second kappa shape index (κ2) is 5.37. The van der Waals surface area contributed by atoms with Gasteiger partial charge >= 0.3 is 0 Å². The summed E-state index contributed by atoms with van der Waals surface area (Å²) in [5, 5.41) is 2.04. The van der Waals surface area contributed by atoms with Crippen LogP contribution >= 0.6 is 11.3 Å². The highest BCUT2D eigenvalue weighted by Crippen LogP contribution is 2.35. The third-order valence-corrected chi connectivity index (χ3v) is 3.74. The van der Waals surface area contributed by atoms with Crippen LogP contribution in [0, 0.1) is 5.92 Å². The summed E-state index contributed by atoms with van der Waals surface area (Å²) in [4.78, 5) is 1.18. The number of hydrogen-bond donors (Lipinski definition) is 1. The van der Waals surface area contributed by atoms with Crippen molar-refractivity contribution >= 4 is 11.3 Å². The van der Waals surface area contributed by atoms with Crippen LogP contribution in [0.2, 0.25) is 0 Å². The molecule has 0 amide bonds. The lowest BCUT2D eigenvalue weighted by atomic mass is 9.93. The van der Waals surface area contributed by atoms with E-state index >= 15 is 0 Å². The lowest BCUT2D eigenvalue weighted by molar-refractivity contribution is 0.377. The van der Waals surface area contributed by atoms with Gasteiger partial charge in [-0.25, -0.2) is 0 Å². The molecular formula is C11H19NOS.